The molecule has 1 rings (SSSR count). The van der Waals surface area contributed by atoms with E-state index in [-0.39, 0.29) is 18.2 Å². The zero-order valence-electron chi connectivity index (χ0n) is 8.08. The summed E-state index contributed by atoms with van der Waals surface area (Å²) in [6.45, 7) is 2.04. The predicted molar refractivity (Wildman–Crippen MR) is 56.6 cm³/mol. The van der Waals surface area contributed by atoms with E-state index in [9.17, 15) is 9.59 Å². The summed E-state index contributed by atoms with van der Waals surface area (Å²) in [5.74, 6) is -0.0816. The molecule has 0 aliphatic carbocycles. The van der Waals surface area contributed by atoms with Crippen LogP contribution in [-0.4, -0.2) is 18.2 Å². The van der Waals surface area contributed by atoms with Crippen LogP contribution in [0.1, 0.15) is 29.4 Å². The number of nitrogens with one attached hydrogen (secondary N) is 1. The maximum absolute atomic E-state index is 11.4. The summed E-state index contributed by atoms with van der Waals surface area (Å²) < 4.78 is 0. The first-order valence-electron chi connectivity index (χ1n) is 4.57. The van der Waals surface area contributed by atoms with Gasteiger partial charge in [0.25, 0.3) is 0 Å². The Morgan fingerprint density at radius 3 is 2.86 bits per heavy atom. The van der Waals surface area contributed by atoms with E-state index in [0.717, 1.165) is 6.42 Å². The highest BCUT2D eigenvalue weighted by molar-refractivity contribution is 7.12. The van der Waals surface area contributed by atoms with E-state index in [1.165, 1.54) is 11.3 Å². The first kappa shape index (κ1) is 10.9. The minimum Gasteiger partial charge on any atom is -0.349 e. The van der Waals surface area contributed by atoms with Gasteiger partial charge in [-0.05, 0) is 17.9 Å². The van der Waals surface area contributed by atoms with E-state index in [1.54, 1.807) is 6.07 Å². The molecule has 1 N–H and O–H groups in total. The SMILES string of the molecule is CCCC(=O)NCC(=O)c1cccs1. The quantitative estimate of drug-likeness (QED) is 0.755. The van der Waals surface area contributed by atoms with E-state index in [2.05, 4.69) is 5.32 Å². The number of rotatable bonds is 5. The standard InChI is InChI=1S/C10H13NO2S/c1-2-4-10(13)11-7-8(12)9-5-3-6-14-9/h3,5-6H,2,4,7H2,1H3,(H,11,13). The molecule has 1 aromatic rings. The monoisotopic (exact) mass is 211 g/mol. The molecular formula is C10H13NO2S. The van der Waals surface area contributed by atoms with Gasteiger partial charge in [-0.1, -0.05) is 13.0 Å². The molecule has 0 aliphatic heterocycles. The Kier molecular flexibility index (Phi) is 4.32. The Labute approximate surface area is 87.1 Å². The van der Waals surface area contributed by atoms with E-state index < -0.39 is 0 Å². The van der Waals surface area contributed by atoms with Gasteiger partial charge in [0.05, 0.1) is 11.4 Å². The molecule has 1 amide bonds. The minimum absolute atomic E-state index is 0.0237. The van der Waals surface area contributed by atoms with Gasteiger partial charge in [-0.15, -0.1) is 11.3 Å². The zero-order chi connectivity index (χ0) is 10.4. The van der Waals surface area contributed by atoms with Crippen LogP contribution in [0, 0.1) is 0 Å². The number of Topliss-reactive ketones (excluding diaryl/α,β-unsaturated/α-hetero) is 1. The summed E-state index contributed by atoms with van der Waals surface area (Å²) >= 11 is 1.40. The second-order valence-electron chi connectivity index (χ2n) is 2.93. The van der Waals surface area contributed by atoms with Crippen molar-refractivity contribution in [2.24, 2.45) is 0 Å². The molecule has 1 heterocycles. The van der Waals surface area contributed by atoms with Gasteiger partial charge in [-0.2, -0.15) is 0 Å². The molecule has 0 aliphatic rings. The smallest absolute Gasteiger partial charge is 0.220 e. The Morgan fingerprint density at radius 1 is 1.50 bits per heavy atom. The average molecular weight is 211 g/mol. The van der Waals surface area contributed by atoms with Crippen LogP contribution in [0.5, 0.6) is 0 Å². The molecule has 1 aromatic heterocycles. The molecule has 0 bridgehead atoms. The molecule has 0 fully saturated rings. The maximum Gasteiger partial charge on any atom is 0.220 e. The molecule has 14 heavy (non-hydrogen) atoms. The molecule has 3 nitrogen and oxygen atoms in total. The van der Waals surface area contributed by atoms with Crippen LogP contribution >= 0.6 is 11.3 Å². The lowest BCUT2D eigenvalue weighted by Gasteiger charge is -2.01. The highest BCUT2D eigenvalue weighted by atomic mass is 32.1. The Morgan fingerprint density at radius 2 is 2.29 bits per heavy atom. The van der Waals surface area contributed by atoms with Crippen molar-refractivity contribution in [3.05, 3.63) is 22.4 Å². The third kappa shape index (κ3) is 3.30. The van der Waals surface area contributed by atoms with Gasteiger partial charge < -0.3 is 5.32 Å². The molecule has 0 atom stereocenters. The van der Waals surface area contributed by atoms with Crippen LogP contribution in [0.3, 0.4) is 0 Å². The fraction of sp³-hybridized carbons (Fsp3) is 0.400. The molecule has 0 unspecified atom stereocenters. The van der Waals surface area contributed by atoms with Crippen LogP contribution in [0.2, 0.25) is 0 Å². The summed E-state index contributed by atoms with van der Waals surface area (Å²) in [4.78, 5) is 23.2. The number of thiophene rings is 1. The summed E-state index contributed by atoms with van der Waals surface area (Å²) in [5, 5.41) is 4.44. The largest absolute Gasteiger partial charge is 0.349 e. The van der Waals surface area contributed by atoms with Crippen LogP contribution in [0.15, 0.2) is 17.5 Å². The summed E-state index contributed by atoms with van der Waals surface area (Å²) in [6.07, 6.45) is 1.29. The van der Waals surface area contributed by atoms with Crippen LogP contribution < -0.4 is 5.32 Å². The van der Waals surface area contributed by atoms with Gasteiger partial charge in [0.2, 0.25) is 5.91 Å². The van der Waals surface area contributed by atoms with Crippen molar-refractivity contribution in [3.63, 3.8) is 0 Å². The Balaban J connectivity index is 2.32. The van der Waals surface area contributed by atoms with Crippen molar-refractivity contribution >= 4 is 23.0 Å². The predicted octanol–water partition coefficient (Wildman–Crippen LogP) is 1.85. The third-order valence-electron chi connectivity index (χ3n) is 1.72. The molecule has 0 saturated carbocycles. The number of hydrogen-bond donors (Lipinski definition) is 1. The van der Waals surface area contributed by atoms with E-state index in [4.69, 9.17) is 0 Å². The lowest BCUT2D eigenvalue weighted by atomic mass is 10.3. The van der Waals surface area contributed by atoms with Gasteiger partial charge in [-0.25, -0.2) is 0 Å². The highest BCUT2D eigenvalue weighted by Crippen LogP contribution is 2.08. The zero-order valence-corrected chi connectivity index (χ0v) is 8.89. The average Bonchev–Trinajstić information content (AvgIpc) is 2.67. The van der Waals surface area contributed by atoms with Gasteiger partial charge in [0, 0.05) is 6.42 Å². The normalized spacial score (nSPS) is 9.79. The first-order valence-corrected chi connectivity index (χ1v) is 5.45. The Hall–Kier alpha value is -1.16. The minimum atomic E-state index is -0.0580. The Bertz CT molecular complexity index is 306. The van der Waals surface area contributed by atoms with Crippen molar-refractivity contribution in [1.29, 1.82) is 0 Å². The lowest BCUT2D eigenvalue weighted by Crippen LogP contribution is -2.28. The summed E-state index contributed by atoms with van der Waals surface area (Å²) in [6, 6.07) is 3.59. The highest BCUT2D eigenvalue weighted by Gasteiger charge is 2.07. The van der Waals surface area contributed by atoms with Crippen molar-refractivity contribution in [3.8, 4) is 0 Å². The van der Waals surface area contributed by atoms with Crippen molar-refractivity contribution in [2.75, 3.05) is 6.54 Å². The van der Waals surface area contributed by atoms with Gasteiger partial charge in [-0.3, -0.25) is 9.59 Å². The number of amides is 1. The number of ketones is 1. The molecule has 0 radical (unpaired) electrons. The van der Waals surface area contributed by atoms with Crippen LogP contribution in [-0.2, 0) is 4.79 Å². The molecular weight excluding hydrogens is 198 g/mol. The van der Waals surface area contributed by atoms with E-state index >= 15 is 0 Å². The molecule has 0 aromatic carbocycles. The van der Waals surface area contributed by atoms with Gasteiger partial charge in [0.15, 0.2) is 5.78 Å². The third-order valence-corrected chi connectivity index (χ3v) is 2.63. The van der Waals surface area contributed by atoms with Gasteiger partial charge in [0.1, 0.15) is 0 Å². The second kappa shape index (κ2) is 5.54. The molecule has 4 heteroatoms. The lowest BCUT2D eigenvalue weighted by molar-refractivity contribution is -0.120. The fourth-order valence-electron chi connectivity index (χ4n) is 1.02. The van der Waals surface area contributed by atoms with E-state index in [1.807, 2.05) is 18.4 Å². The van der Waals surface area contributed by atoms with Crippen molar-refractivity contribution in [2.45, 2.75) is 19.8 Å². The molecule has 0 saturated heterocycles. The fourth-order valence-corrected chi connectivity index (χ4v) is 1.68. The van der Waals surface area contributed by atoms with Gasteiger partial charge >= 0.3 is 0 Å². The maximum atomic E-state index is 11.4. The number of carbonyl (C=O) groups is 2. The van der Waals surface area contributed by atoms with E-state index in [0.29, 0.717) is 11.3 Å². The summed E-state index contributed by atoms with van der Waals surface area (Å²) in [5.41, 5.74) is 0. The molecule has 0 spiro atoms. The van der Waals surface area contributed by atoms with Crippen LogP contribution in [0.4, 0.5) is 0 Å². The first-order chi connectivity index (χ1) is 6.74. The molecule has 76 valence electrons. The topological polar surface area (TPSA) is 46.2 Å². The number of carbonyl (C=O) groups excluding carboxylic acids is 2. The van der Waals surface area contributed by atoms with Crippen molar-refractivity contribution in [1.82, 2.24) is 5.32 Å². The second-order valence-corrected chi connectivity index (χ2v) is 3.87. The van der Waals surface area contributed by atoms with Crippen molar-refractivity contribution < 1.29 is 9.59 Å². The summed E-state index contributed by atoms with van der Waals surface area (Å²) in [7, 11) is 0. The number of hydrogen-bond acceptors (Lipinski definition) is 3. The van der Waals surface area contributed by atoms with Crippen LogP contribution in [0.25, 0.3) is 0 Å².